The van der Waals surface area contributed by atoms with Gasteiger partial charge in [-0.2, -0.15) is 0 Å². The molecule has 0 bridgehead atoms. The maximum Gasteiger partial charge on any atom is 0.0576 e. The first-order valence-electron chi connectivity index (χ1n) is 6.44. The van der Waals surface area contributed by atoms with Crippen molar-refractivity contribution in [2.75, 3.05) is 13.2 Å². The Labute approximate surface area is 94.8 Å². The lowest BCUT2D eigenvalue weighted by atomic mass is 10.1. The largest absolute Gasteiger partial charge is 0.378 e. The lowest BCUT2D eigenvalue weighted by molar-refractivity contribution is 0.102. The van der Waals surface area contributed by atoms with E-state index in [0.29, 0.717) is 6.10 Å². The Morgan fingerprint density at radius 1 is 1.20 bits per heavy atom. The molecule has 0 aromatic heterocycles. The Morgan fingerprint density at radius 3 is 2.60 bits per heavy atom. The monoisotopic (exact) mass is 213 g/mol. The summed E-state index contributed by atoms with van der Waals surface area (Å²) in [6.07, 6.45) is 8.38. The van der Waals surface area contributed by atoms with Crippen LogP contribution in [-0.2, 0) is 4.74 Å². The number of unbranched alkanes of at least 4 members (excludes halogenated alkanes) is 2. The third-order valence-electron chi connectivity index (χ3n) is 2.88. The summed E-state index contributed by atoms with van der Waals surface area (Å²) >= 11 is 0. The molecule has 2 nitrogen and oxygen atoms in total. The minimum absolute atomic E-state index is 0.272. The van der Waals surface area contributed by atoms with E-state index in [1.165, 1.54) is 38.5 Å². The summed E-state index contributed by atoms with van der Waals surface area (Å²) in [6.45, 7) is 8.81. The molecular formula is C13H27NO. The quantitative estimate of drug-likeness (QED) is 0.685. The predicted molar refractivity (Wildman–Crippen MR) is 65.2 cm³/mol. The summed E-state index contributed by atoms with van der Waals surface area (Å²) in [4.78, 5) is 0. The van der Waals surface area contributed by atoms with Gasteiger partial charge in [0.1, 0.15) is 0 Å². The van der Waals surface area contributed by atoms with Crippen LogP contribution in [0.5, 0.6) is 0 Å². The number of hydrogen-bond acceptors (Lipinski definition) is 2. The molecule has 0 aromatic rings. The van der Waals surface area contributed by atoms with Crippen molar-refractivity contribution in [2.45, 2.75) is 70.9 Å². The lowest BCUT2D eigenvalue weighted by Crippen LogP contribution is -2.36. The van der Waals surface area contributed by atoms with Crippen molar-refractivity contribution in [3.8, 4) is 0 Å². The van der Waals surface area contributed by atoms with Gasteiger partial charge in [0.25, 0.3) is 0 Å². The van der Waals surface area contributed by atoms with E-state index in [4.69, 9.17) is 4.74 Å². The van der Waals surface area contributed by atoms with Crippen molar-refractivity contribution in [3.63, 3.8) is 0 Å². The molecular weight excluding hydrogens is 186 g/mol. The summed E-state index contributed by atoms with van der Waals surface area (Å²) in [6, 6.07) is 0. The fourth-order valence-electron chi connectivity index (χ4n) is 2.01. The molecule has 1 atom stereocenters. The molecule has 2 heteroatoms. The van der Waals surface area contributed by atoms with Gasteiger partial charge < -0.3 is 10.1 Å². The van der Waals surface area contributed by atoms with E-state index >= 15 is 0 Å². The maximum absolute atomic E-state index is 5.60. The summed E-state index contributed by atoms with van der Waals surface area (Å²) < 4.78 is 5.60. The van der Waals surface area contributed by atoms with Crippen molar-refractivity contribution in [1.82, 2.24) is 5.32 Å². The van der Waals surface area contributed by atoms with E-state index in [0.717, 1.165) is 13.2 Å². The van der Waals surface area contributed by atoms with Gasteiger partial charge in [-0.05, 0) is 53.0 Å². The second kappa shape index (κ2) is 6.49. The van der Waals surface area contributed by atoms with Gasteiger partial charge in [-0.3, -0.25) is 0 Å². The van der Waals surface area contributed by atoms with Crippen molar-refractivity contribution in [2.24, 2.45) is 0 Å². The molecule has 0 spiro atoms. The van der Waals surface area contributed by atoms with Gasteiger partial charge in [0.05, 0.1) is 6.10 Å². The predicted octanol–water partition coefficient (Wildman–Crippen LogP) is 3.11. The van der Waals surface area contributed by atoms with Gasteiger partial charge in [0.2, 0.25) is 0 Å². The minimum atomic E-state index is 0.272. The highest BCUT2D eigenvalue weighted by atomic mass is 16.5. The minimum Gasteiger partial charge on any atom is -0.378 e. The average molecular weight is 213 g/mol. The van der Waals surface area contributed by atoms with Crippen LogP contribution in [-0.4, -0.2) is 24.8 Å². The van der Waals surface area contributed by atoms with Crippen LogP contribution in [0, 0.1) is 0 Å². The standard InChI is InChI=1S/C13H27NO/c1-13(2,3)14-10-6-4-5-8-12-9-7-11-15-12/h12,14H,4-11H2,1-3H3. The molecule has 1 unspecified atom stereocenters. The van der Waals surface area contributed by atoms with E-state index < -0.39 is 0 Å². The van der Waals surface area contributed by atoms with Gasteiger partial charge in [0.15, 0.2) is 0 Å². The summed E-state index contributed by atoms with van der Waals surface area (Å²) in [5, 5.41) is 3.52. The molecule has 1 rings (SSSR count). The molecule has 1 fully saturated rings. The van der Waals surface area contributed by atoms with Gasteiger partial charge in [-0.1, -0.05) is 12.8 Å². The van der Waals surface area contributed by atoms with Crippen molar-refractivity contribution < 1.29 is 4.74 Å². The normalized spacial score (nSPS) is 22.2. The van der Waals surface area contributed by atoms with E-state index in [-0.39, 0.29) is 5.54 Å². The van der Waals surface area contributed by atoms with Crippen LogP contribution in [0.3, 0.4) is 0 Å². The summed E-state index contributed by atoms with van der Waals surface area (Å²) in [5.41, 5.74) is 0.272. The lowest BCUT2D eigenvalue weighted by Gasteiger charge is -2.20. The van der Waals surface area contributed by atoms with Crippen LogP contribution in [0.1, 0.15) is 59.3 Å². The first kappa shape index (κ1) is 13.0. The molecule has 0 radical (unpaired) electrons. The fourth-order valence-corrected chi connectivity index (χ4v) is 2.01. The Balaban J connectivity index is 1.84. The molecule has 90 valence electrons. The molecule has 1 aliphatic heterocycles. The smallest absolute Gasteiger partial charge is 0.0576 e. The molecule has 15 heavy (non-hydrogen) atoms. The third-order valence-corrected chi connectivity index (χ3v) is 2.88. The zero-order chi connectivity index (χ0) is 11.1. The van der Waals surface area contributed by atoms with Gasteiger partial charge in [0, 0.05) is 12.1 Å². The molecule has 0 aliphatic carbocycles. The van der Waals surface area contributed by atoms with Crippen molar-refractivity contribution >= 4 is 0 Å². The van der Waals surface area contributed by atoms with Crippen LogP contribution in [0.15, 0.2) is 0 Å². The highest BCUT2D eigenvalue weighted by molar-refractivity contribution is 4.70. The SMILES string of the molecule is CC(C)(C)NCCCCCC1CCCO1. The summed E-state index contributed by atoms with van der Waals surface area (Å²) in [7, 11) is 0. The Bertz CT molecular complexity index is 156. The highest BCUT2D eigenvalue weighted by Gasteiger charge is 2.14. The molecule has 1 N–H and O–H groups in total. The molecule has 1 aliphatic rings. The molecule has 0 amide bonds. The Morgan fingerprint density at radius 2 is 2.00 bits per heavy atom. The van der Waals surface area contributed by atoms with Crippen LogP contribution < -0.4 is 5.32 Å². The van der Waals surface area contributed by atoms with E-state index in [1.807, 2.05) is 0 Å². The third kappa shape index (κ3) is 6.91. The fraction of sp³-hybridized carbons (Fsp3) is 1.00. The molecule has 1 saturated heterocycles. The summed E-state index contributed by atoms with van der Waals surface area (Å²) in [5.74, 6) is 0. The van der Waals surface area contributed by atoms with Crippen LogP contribution in [0.2, 0.25) is 0 Å². The second-order valence-electron chi connectivity index (χ2n) is 5.66. The molecule has 0 saturated carbocycles. The van der Waals surface area contributed by atoms with E-state index in [9.17, 15) is 0 Å². The number of nitrogens with one attached hydrogen (secondary N) is 1. The maximum atomic E-state index is 5.60. The molecule has 0 aromatic carbocycles. The number of ether oxygens (including phenoxy) is 1. The van der Waals surface area contributed by atoms with Crippen LogP contribution in [0.25, 0.3) is 0 Å². The van der Waals surface area contributed by atoms with Crippen molar-refractivity contribution in [3.05, 3.63) is 0 Å². The topological polar surface area (TPSA) is 21.3 Å². The van der Waals surface area contributed by atoms with Gasteiger partial charge in [-0.25, -0.2) is 0 Å². The van der Waals surface area contributed by atoms with Crippen LogP contribution >= 0.6 is 0 Å². The van der Waals surface area contributed by atoms with Gasteiger partial charge >= 0.3 is 0 Å². The van der Waals surface area contributed by atoms with Crippen LogP contribution in [0.4, 0.5) is 0 Å². The zero-order valence-electron chi connectivity index (χ0n) is 10.6. The van der Waals surface area contributed by atoms with Crippen molar-refractivity contribution in [1.29, 1.82) is 0 Å². The average Bonchev–Trinajstić information content (AvgIpc) is 2.61. The first-order chi connectivity index (χ1) is 7.08. The Hall–Kier alpha value is -0.0800. The highest BCUT2D eigenvalue weighted by Crippen LogP contribution is 2.17. The molecule has 1 heterocycles. The number of rotatable bonds is 6. The second-order valence-corrected chi connectivity index (χ2v) is 5.66. The van der Waals surface area contributed by atoms with Gasteiger partial charge in [-0.15, -0.1) is 0 Å². The first-order valence-corrected chi connectivity index (χ1v) is 6.44. The zero-order valence-corrected chi connectivity index (χ0v) is 10.6. The number of hydrogen-bond donors (Lipinski definition) is 1. The van der Waals surface area contributed by atoms with E-state index in [1.54, 1.807) is 0 Å². The van der Waals surface area contributed by atoms with E-state index in [2.05, 4.69) is 26.1 Å². The Kier molecular flexibility index (Phi) is 5.62.